The molecule has 0 saturated carbocycles. The van der Waals surface area contributed by atoms with Gasteiger partial charge in [-0.05, 0) is 18.9 Å². The zero-order valence-electron chi connectivity index (χ0n) is 16.8. The Hall–Kier alpha value is -2.33. The Labute approximate surface area is 173 Å². The number of carbonyl (C=O) groups is 2. The molecule has 166 valence electrons. The molecular formula is C20H27F3N4O3. The molecule has 2 aliphatic rings. The van der Waals surface area contributed by atoms with Gasteiger partial charge in [-0.25, -0.2) is 0 Å². The van der Waals surface area contributed by atoms with Crippen LogP contribution in [0.4, 0.5) is 13.2 Å². The highest BCUT2D eigenvalue weighted by Crippen LogP contribution is 2.26. The Morgan fingerprint density at radius 2 is 1.53 bits per heavy atom. The third-order valence-corrected chi connectivity index (χ3v) is 5.32. The molecule has 0 atom stereocenters. The summed E-state index contributed by atoms with van der Waals surface area (Å²) in [6, 6.07) is 5.74. The predicted molar refractivity (Wildman–Crippen MR) is 104 cm³/mol. The topological polar surface area (TPSA) is 65.1 Å². The average molecular weight is 428 g/mol. The number of amides is 2. The van der Waals surface area contributed by atoms with Gasteiger partial charge in [0, 0.05) is 51.4 Å². The molecule has 1 N–H and O–H groups in total. The second kappa shape index (κ2) is 10.1. The smallest absolute Gasteiger partial charge is 0.405 e. The van der Waals surface area contributed by atoms with Gasteiger partial charge in [0.05, 0.1) is 13.1 Å². The number of nitrogens with zero attached hydrogens (tertiary/aromatic N) is 3. The molecule has 2 aliphatic heterocycles. The van der Waals surface area contributed by atoms with Crippen LogP contribution in [0.1, 0.15) is 18.4 Å². The van der Waals surface area contributed by atoms with E-state index in [1.165, 1.54) is 18.2 Å². The van der Waals surface area contributed by atoms with Crippen molar-refractivity contribution in [3.05, 3.63) is 29.8 Å². The first kappa shape index (κ1) is 22.4. The van der Waals surface area contributed by atoms with E-state index in [1.54, 1.807) is 6.07 Å². The number of piperazine rings is 1. The predicted octanol–water partition coefficient (Wildman–Crippen LogP) is 1.44. The maximum absolute atomic E-state index is 12.5. The lowest BCUT2D eigenvalue weighted by atomic mass is 10.2. The summed E-state index contributed by atoms with van der Waals surface area (Å²) < 4.78 is 41.4. The molecule has 0 aliphatic carbocycles. The molecule has 10 heteroatoms. The van der Waals surface area contributed by atoms with Crippen molar-refractivity contribution in [2.24, 2.45) is 0 Å². The number of para-hydroxylation sites is 1. The van der Waals surface area contributed by atoms with Crippen LogP contribution in [0.5, 0.6) is 5.75 Å². The number of benzene rings is 1. The van der Waals surface area contributed by atoms with Gasteiger partial charge in [-0.1, -0.05) is 18.2 Å². The fourth-order valence-corrected chi connectivity index (χ4v) is 3.69. The van der Waals surface area contributed by atoms with Gasteiger partial charge < -0.3 is 15.0 Å². The Bertz CT molecular complexity index is 730. The van der Waals surface area contributed by atoms with Gasteiger partial charge in [0.25, 0.3) is 0 Å². The summed E-state index contributed by atoms with van der Waals surface area (Å²) in [5.74, 6) is -0.418. The third kappa shape index (κ3) is 6.88. The van der Waals surface area contributed by atoms with Crippen molar-refractivity contribution in [1.29, 1.82) is 0 Å². The summed E-state index contributed by atoms with van der Waals surface area (Å²) in [5.41, 5.74) is 0.258. The van der Waals surface area contributed by atoms with E-state index >= 15 is 0 Å². The minimum absolute atomic E-state index is 0.0462. The molecule has 0 radical (unpaired) electrons. The fourth-order valence-electron chi connectivity index (χ4n) is 3.69. The minimum Gasteiger partial charge on any atom is -0.405 e. The summed E-state index contributed by atoms with van der Waals surface area (Å²) >= 11 is 0. The first-order valence-electron chi connectivity index (χ1n) is 10.1. The van der Waals surface area contributed by atoms with Crippen LogP contribution >= 0.6 is 0 Å². The SMILES string of the molecule is O=C(CN1CCN(CC(=O)N2CCCC2)CC1)NCc1ccccc1OC(F)(F)F. The monoisotopic (exact) mass is 428 g/mol. The molecule has 3 rings (SSSR count). The van der Waals surface area contributed by atoms with Gasteiger partial charge in [-0.15, -0.1) is 13.2 Å². The van der Waals surface area contributed by atoms with Crippen molar-refractivity contribution < 1.29 is 27.5 Å². The van der Waals surface area contributed by atoms with Crippen LogP contribution in [-0.4, -0.2) is 85.2 Å². The van der Waals surface area contributed by atoms with Gasteiger partial charge in [0.15, 0.2) is 0 Å². The summed E-state index contributed by atoms with van der Waals surface area (Å²) in [6.45, 7) is 4.95. The Morgan fingerprint density at radius 3 is 2.17 bits per heavy atom. The summed E-state index contributed by atoms with van der Waals surface area (Å²) in [6.07, 6.45) is -2.64. The number of halogens is 3. The normalized spacial score (nSPS) is 18.4. The number of ether oxygens (including phenoxy) is 1. The minimum atomic E-state index is -4.78. The number of rotatable bonds is 7. The molecule has 30 heavy (non-hydrogen) atoms. The largest absolute Gasteiger partial charge is 0.573 e. The first-order valence-corrected chi connectivity index (χ1v) is 10.1. The fraction of sp³-hybridized carbons (Fsp3) is 0.600. The second-order valence-corrected chi connectivity index (χ2v) is 7.57. The van der Waals surface area contributed by atoms with E-state index in [2.05, 4.69) is 15.0 Å². The summed E-state index contributed by atoms with van der Waals surface area (Å²) in [7, 11) is 0. The van der Waals surface area contributed by atoms with E-state index in [9.17, 15) is 22.8 Å². The number of nitrogens with one attached hydrogen (secondary N) is 1. The zero-order chi connectivity index (χ0) is 21.6. The molecule has 2 saturated heterocycles. The van der Waals surface area contributed by atoms with Crippen molar-refractivity contribution in [1.82, 2.24) is 20.0 Å². The van der Waals surface area contributed by atoms with Crippen molar-refractivity contribution in [2.45, 2.75) is 25.7 Å². The second-order valence-electron chi connectivity index (χ2n) is 7.57. The summed E-state index contributed by atoms with van der Waals surface area (Å²) in [5, 5.41) is 2.65. The highest BCUT2D eigenvalue weighted by Gasteiger charge is 2.32. The van der Waals surface area contributed by atoms with Crippen LogP contribution < -0.4 is 10.1 Å². The first-order chi connectivity index (χ1) is 14.3. The molecule has 7 nitrogen and oxygen atoms in total. The molecule has 2 fully saturated rings. The van der Waals surface area contributed by atoms with Gasteiger partial charge in [-0.3, -0.25) is 19.4 Å². The average Bonchev–Trinajstić information content (AvgIpc) is 3.23. The maximum Gasteiger partial charge on any atom is 0.573 e. The molecule has 0 unspecified atom stereocenters. The van der Waals surface area contributed by atoms with E-state index < -0.39 is 6.36 Å². The standard InChI is InChI=1S/C20H27F3N4O3/c21-20(22,23)30-17-6-2-1-5-16(17)13-24-18(28)14-25-9-11-26(12-10-25)15-19(29)27-7-3-4-8-27/h1-2,5-6H,3-4,7-15H2,(H,24,28). The number of hydrogen-bond donors (Lipinski definition) is 1. The molecule has 2 heterocycles. The van der Waals surface area contributed by atoms with Crippen molar-refractivity contribution in [2.75, 3.05) is 52.4 Å². The van der Waals surface area contributed by atoms with Gasteiger partial charge in [0.1, 0.15) is 5.75 Å². The van der Waals surface area contributed by atoms with Crippen LogP contribution in [0.3, 0.4) is 0 Å². The van der Waals surface area contributed by atoms with Crippen LogP contribution in [0.2, 0.25) is 0 Å². The van der Waals surface area contributed by atoms with Crippen LogP contribution in [0, 0.1) is 0 Å². The number of alkyl halides is 3. The van der Waals surface area contributed by atoms with Crippen LogP contribution in [-0.2, 0) is 16.1 Å². The lowest BCUT2D eigenvalue weighted by Crippen LogP contribution is -2.51. The molecule has 0 aromatic heterocycles. The summed E-state index contributed by atoms with van der Waals surface area (Å²) in [4.78, 5) is 30.4. The molecule has 2 amide bonds. The zero-order valence-corrected chi connectivity index (χ0v) is 16.8. The Balaban J connectivity index is 1.39. The van der Waals surface area contributed by atoms with E-state index in [-0.39, 0.29) is 36.2 Å². The number of likely N-dealkylation sites (tertiary alicyclic amines) is 1. The van der Waals surface area contributed by atoms with Crippen LogP contribution in [0.25, 0.3) is 0 Å². The third-order valence-electron chi connectivity index (χ3n) is 5.32. The maximum atomic E-state index is 12.5. The molecule has 0 spiro atoms. The number of hydrogen-bond acceptors (Lipinski definition) is 5. The highest BCUT2D eigenvalue weighted by molar-refractivity contribution is 5.79. The molecular weight excluding hydrogens is 401 g/mol. The molecule has 0 bridgehead atoms. The van der Waals surface area contributed by atoms with Gasteiger partial charge in [-0.2, -0.15) is 0 Å². The lowest BCUT2D eigenvalue weighted by molar-refractivity contribution is -0.274. The quantitative estimate of drug-likeness (QED) is 0.712. The van der Waals surface area contributed by atoms with Crippen molar-refractivity contribution in [3.63, 3.8) is 0 Å². The highest BCUT2D eigenvalue weighted by atomic mass is 19.4. The molecule has 1 aromatic rings. The van der Waals surface area contributed by atoms with Gasteiger partial charge in [0.2, 0.25) is 11.8 Å². The van der Waals surface area contributed by atoms with Crippen LogP contribution in [0.15, 0.2) is 24.3 Å². The van der Waals surface area contributed by atoms with E-state index in [1.807, 2.05) is 9.80 Å². The van der Waals surface area contributed by atoms with Crippen molar-refractivity contribution in [3.8, 4) is 5.75 Å². The number of carbonyl (C=O) groups excluding carboxylic acids is 2. The van der Waals surface area contributed by atoms with E-state index in [0.29, 0.717) is 32.7 Å². The Kier molecular flexibility index (Phi) is 7.54. The van der Waals surface area contributed by atoms with Crippen molar-refractivity contribution >= 4 is 11.8 Å². The van der Waals surface area contributed by atoms with Gasteiger partial charge >= 0.3 is 6.36 Å². The lowest BCUT2D eigenvalue weighted by Gasteiger charge is -2.34. The molecule has 1 aromatic carbocycles. The van der Waals surface area contributed by atoms with E-state index in [0.717, 1.165) is 25.9 Å². The van der Waals surface area contributed by atoms with E-state index in [4.69, 9.17) is 0 Å². The Morgan fingerprint density at radius 1 is 0.933 bits per heavy atom.